The number of nitriles is 1. The summed E-state index contributed by atoms with van der Waals surface area (Å²) < 4.78 is 68.7. The zero-order valence-corrected chi connectivity index (χ0v) is 20.4. The average Bonchev–Trinajstić information content (AvgIpc) is 3.46. The number of nitrogens with zero attached hydrogens (tertiary/aromatic N) is 4. The third kappa shape index (κ3) is 4.76. The Balaban J connectivity index is 1.57. The SMILES string of the molecule is CCN(C(=O)Cn1nc(-c2cc(C)cc(C#N)c2)c2oc(C(F)F)cc2c1=O)c1ccc2c(c1)OC(F)(F)O2. The first-order valence-electron chi connectivity index (χ1n) is 11.5. The number of carbonyl (C=O) groups excluding carboxylic acids is 1. The van der Waals surface area contributed by atoms with Gasteiger partial charge >= 0.3 is 6.29 Å². The van der Waals surface area contributed by atoms with Gasteiger partial charge in [-0.25, -0.2) is 13.5 Å². The number of hydrogen-bond donors (Lipinski definition) is 0. The maximum absolute atomic E-state index is 13.5. The molecule has 0 fully saturated rings. The minimum atomic E-state index is -3.84. The lowest BCUT2D eigenvalue weighted by molar-refractivity contribution is -0.286. The first-order chi connectivity index (χ1) is 18.5. The average molecular weight is 542 g/mol. The summed E-state index contributed by atoms with van der Waals surface area (Å²) in [5.74, 6) is -1.88. The van der Waals surface area contributed by atoms with Crippen molar-refractivity contribution in [3.8, 4) is 28.8 Å². The normalized spacial score (nSPS) is 13.6. The third-order valence-corrected chi connectivity index (χ3v) is 5.95. The van der Waals surface area contributed by atoms with Gasteiger partial charge in [0.15, 0.2) is 22.8 Å². The van der Waals surface area contributed by atoms with Crippen molar-refractivity contribution in [1.29, 1.82) is 5.26 Å². The van der Waals surface area contributed by atoms with E-state index < -0.39 is 36.5 Å². The number of ether oxygens (including phenoxy) is 2. The molecule has 5 rings (SSSR count). The molecule has 0 radical (unpaired) electrons. The van der Waals surface area contributed by atoms with Gasteiger partial charge in [-0.15, -0.1) is 8.78 Å². The lowest BCUT2D eigenvalue weighted by Crippen LogP contribution is -2.37. The predicted octanol–water partition coefficient (Wildman–Crippen LogP) is 5.15. The van der Waals surface area contributed by atoms with Gasteiger partial charge in [0, 0.05) is 23.9 Å². The molecule has 0 atom stereocenters. The van der Waals surface area contributed by atoms with E-state index in [1.54, 1.807) is 26.0 Å². The summed E-state index contributed by atoms with van der Waals surface area (Å²) in [5, 5.41) is 13.4. The summed E-state index contributed by atoms with van der Waals surface area (Å²) in [4.78, 5) is 27.7. The molecule has 13 heteroatoms. The highest BCUT2D eigenvalue weighted by Gasteiger charge is 2.43. The van der Waals surface area contributed by atoms with Crippen LogP contribution in [0.15, 0.2) is 51.7 Å². The van der Waals surface area contributed by atoms with Crippen LogP contribution in [0.5, 0.6) is 11.5 Å². The van der Waals surface area contributed by atoms with Crippen molar-refractivity contribution < 1.29 is 36.2 Å². The van der Waals surface area contributed by atoms with Gasteiger partial charge in [0.05, 0.1) is 17.0 Å². The second kappa shape index (κ2) is 9.46. The Morgan fingerprint density at radius 1 is 1.15 bits per heavy atom. The van der Waals surface area contributed by atoms with Crippen LogP contribution in [0.4, 0.5) is 23.2 Å². The second-order valence-corrected chi connectivity index (χ2v) is 8.64. The van der Waals surface area contributed by atoms with Crippen molar-refractivity contribution in [1.82, 2.24) is 9.78 Å². The largest absolute Gasteiger partial charge is 0.586 e. The van der Waals surface area contributed by atoms with Gasteiger partial charge in [-0.2, -0.15) is 10.4 Å². The van der Waals surface area contributed by atoms with Crippen molar-refractivity contribution in [3.63, 3.8) is 0 Å². The van der Waals surface area contributed by atoms with E-state index in [1.165, 1.54) is 29.2 Å². The van der Waals surface area contributed by atoms with Crippen LogP contribution in [0.3, 0.4) is 0 Å². The van der Waals surface area contributed by atoms with Gasteiger partial charge in [-0.3, -0.25) is 9.59 Å². The standard InChI is InChI=1S/C26H18F4N4O5/c1-3-33(16-4-5-18-19(9-16)39-26(29,30)38-18)21(35)12-34-25(36)17-10-20(24(27)28)37-23(17)22(32-34)15-7-13(2)6-14(8-15)11-31/h4-10,24H,3,12H2,1-2H3. The van der Waals surface area contributed by atoms with Gasteiger partial charge in [-0.05, 0) is 55.8 Å². The number of carbonyl (C=O) groups is 1. The van der Waals surface area contributed by atoms with Crippen LogP contribution >= 0.6 is 0 Å². The first kappa shape index (κ1) is 25.8. The van der Waals surface area contributed by atoms with E-state index in [-0.39, 0.29) is 46.0 Å². The molecule has 1 aliphatic heterocycles. The summed E-state index contributed by atoms with van der Waals surface area (Å²) in [6, 6.07) is 11.4. The second-order valence-electron chi connectivity index (χ2n) is 8.64. The minimum Gasteiger partial charge on any atom is -0.452 e. The Kier molecular flexibility index (Phi) is 6.26. The molecular weight excluding hydrogens is 524 g/mol. The van der Waals surface area contributed by atoms with Crippen molar-refractivity contribution in [2.24, 2.45) is 0 Å². The number of fused-ring (bicyclic) bond motifs is 2. The molecule has 3 heterocycles. The highest BCUT2D eigenvalue weighted by Crippen LogP contribution is 2.43. The molecule has 0 N–H and O–H groups in total. The van der Waals surface area contributed by atoms with E-state index >= 15 is 0 Å². The molecule has 4 aromatic rings. The van der Waals surface area contributed by atoms with Crippen molar-refractivity contribution in [2.75, 3.05) is 11.4 Å². The minimum absolute atomic E-state index is 0.0159. The van der Waals surface area contributed by atoms with E-state index in [1.807, 2.05) is 6.07 Å². The topological polar surface area (TPSA) is 111 Å². The summed E-state index contributed by atoms with van der Waals surface area (Å²) in [7, 11) is 0. The fourth-order valence-electron chi connectivity index (χ4n) is 4.31. The Bertz CT molecular complexity index is 1720. The van der Waals surface area contributed by atoms with Crippen LogP contribution in [0.25, 0.3) is 22.2 Å². The molecule has 0 saturated heterocycles. The predicted molar refractivity (Wildman–Crippen MR) is 129 cm³/mol. The van der Waals surface area contributed by atoms with E-state index in [4.69, 9.17) is 4.42 Å². The molecular formula is C26H18F4N4O5. The smallest absolute Gasteiger partial charge is 0.452 e. The zero-order chi connectivity index (χ0) is 28.1. The van der Waals surface area contributed by atoms with Crippen LogP contribution in [-0.2, 0) is 11.3 Å². The Morgan fingerprint density at radius 2 is 1.90 bits per heavy atom. The number of anilines is 1. The van der Waals surface area contributed by atoms with E-state index in [2.05, 4.69) is 14.6 Å². The molecule has 39 heavy (non-hydrogen) atoms. The fraction of sp³-hybridized carbons (Fsp3) is 0.231. The van der Waals surface area contributed by atoms with Gasteiger partial charge in [0.25, 0.3) is 12.0 Å². The number of hydrogen-bond acceptors (Lipinski definition) is 7. The molecule has 9 nitrogen and oxygen atoms in total. The first-order valence-corrected chi connectivity index (χ1v) is 11.5. The number of halogens is 4. The number of furan rings is 1. The molecule has 0 aliphatic carbocycles. The lowest BCUT2D eigenvalue weighted by atomic mass is 10.0. The Hall–Kier alpha value is -4.86. The van der Waals surface area contributed by atoms with E-state index in [9.17, 15) is 32.4 Å². The summed E-state index contributed by atoms with van der Waals surface area (Å²) in [6.45, 7) is 2.81. The molecule has 0 bridgehead atoms. The highest BCUT2D eigenvalue weighted by molar-refractivity contribution is 5.94. The Labute approximate surface area is 217 Å². The quantitative estimate of drug-likeness (QED) is 0.310. The molecule has 2 aromatic carbocycles. The summed E-state index contributed by atoms with van der Waals surface area (Å²) >= 11 is 0. The zero-order valence-electron chi connectivity index (χ0n) is 20.4. The number of amides is 1. The van der Waals surface area contributed by atoms with Gasteiger partial charge < -0.3 is 18.8 Å². The fourth-order valence-corrected chi connectivity index (χ4v) is 4.31. The lowest BCUT2D eigenvalue weighted by Gasteiger charge is -2.21. The number of benzene rings is 2. The van der Waals surface area contributed by atoms with Crippen molar-refractivity contribution in [2.45, 2.75) is 33.1 Å². The number of aromatic nitrogens is 2. The van der Waals surface area contributed by atoms with Crippen molar-refractivity contribution >= 4 is 22.6 Å². The maximum Gasteiger partial charge on any atom is 0.586 e. The molecule has 0 spiro atoms. The van der Waals surface area contributed by atoms with E-state index in [0.717, 1.165) is 10.7 Å². The van der Waals surface area contributed by atoms with E-state index in [0.29, 0.717) is 11.1 Å². The van der Waals surface area contributed by atoms with Crippen LogP contribution in [0.1, 0.15) is 30.2 Å². The molecule has 200 valence electrons. The summed E-state index contributed by atoms with van der Waals surface area (Å²) in [6.07, 6.45) is -6.85. The molecule has 0 saturated carbocycles. The number of likely N-dealkylation sites (N-methyl/N-ethyl adjacent to an activating group) is 1. The molecule has 1 aliphatic rings. The third-order valence-electron chi connectivity index (χ3n) is 5.95. The summed E-state index contributed by atoms with van der Waals surface area (Å²) in [5.41, 5.74) is 0.358. The van der Waals surface area contributed by atoms with Gasteiger partial charge in [0.2, 0.25) is 5.91 Å². The molecule has 0 unspecified atom stereocenters. The number of alkyl halides is 4. The molecule has 1 amide bonds. The number of rotatable bonds is 6. The highest BCUT2D eigenvalue weighted by atomic mass is 19.3. The molecule has 2 aromatic heterocycles. The van der Waals surface area contributed by atoms with Gasteiger partial charge in [-0.1, -0.05) is 0 Å². The number of aryl methyl sites for hydroxylation is 1. The maximum atomic E-state index is 13.5. The monoisotopic (exact) mass is 542 g/mol. The van der Waals surface area contributed by atoms with Crippen LogP contribution in [0.2, 0.25) is 0 Å². The van der Waals surface area contributed by atoms with Crippen molar-refractivity contribution in [3.05, 3.63) is 69.7 Å². The van der Waals surface area contributed by atoms with Crippen LogP contribution in [-0.4, -0.2) is 28.5 Å². The Morgan fingerprint density at radius 3 is 2.59 bits per heavy atom. The van der Waals surface area contributed by atoms with Gasteiger partial charge in [0.1, 0.15) is 12.2 Å². The van der Waals surface area contributed by atoms with Crippen LogP contribution in [0, 0.1) is 18.3 Å². The van der Waals surface area contributed by atoms with Crippen LogP contribution < -0.4 is 19.9 Å².